The Hall–Kier alpha value is -1.12. The lowest BCUT2D eigenvalue weighted by molar-refractivity contribution is -0.125. The first-order valence-corrected chi connectivity index (χ1v) is 6.33. The Morgan fingerprint density at radius 2 is 1.67 bits per heavy atom. The summed E-state index contributed by atoms with van der Waals surface area (Å²) in [5, 5.41) is 0. The minimum Gasteiger partial charge on any atom is -0.371 e. The number of allylic oxidation sites excluding steroid dienone is 1. The molecule has 0 saturated heterocycles. The van der Waals surface area contributed by atoms with Crippen LogP contribution in [0.1, 0.15) is 26.2 Å². The maximum absolute atomic E-state index is 5.89. The maximum atomic E-state index is 5.89. The Bertz CT molecular complexity index is 258. The summed E-state index contributed by atoms with van der Waals surface area (Å²) in [7, 11) is 0. The van der Waals surface area contributed by atoms with Crippen LogP contribution in [0, 0.1) is 0 Å². The number of hydrogen-bond donors (Lipinski definition) is 0. The van der Waals surface area contributed by atoms with Gasteiger partial charge in [-0.3, -0.25) is 0 Å². The summed E-state index contributed by atoms with van der Waals surface area (Å²) in [5.41, 5.74) is -0.387. The van der Waals surface area contributed by atoms with E-state index in [1.165, 1.54) is 0 Å². The number of ether oxygens (including phenoxy) is 2. The Kier molecular flexibility index (Phi) is 9.25. The topological polar surface area (TPSA) is 18.5 Å². The molecule has 0 spiro atoms. The smallest absolute Gasteiger partial charge is 0.0953 e. The highest BCUT2D eigenvalue weighted by molar-refractivity contribution is 4.94. The second kappa shape index (κ2) is 9.86. The molecule has 0 bridgehead atoms. The van der Waals surface area contributed by atoms with Crippen molar-refractivity contribution in [3.63, 3.8) is 0 Å². The first kappa shape index (κ1) is 16.9. The number of hydrogen-bond acceptors (Lipinski definition) is 2. The molecule has 0 aromatic rings. The van der Waals surface area contributed by atoms with E-state index in [-0.39, 0.29) is 11.7 Å². The Morgan fingerprint density at radius 1 is 1.00 bits per heavy atom. The highest BCUT2D eigenvalue weighted by Gasteiger charge is 2.34. The third-order valence-corrected chi connectivity index (χ3v) is 2.81. The lowest BCUT2D eigenvalue weighted by atomic mass is 9.91. The number of rotatable bonds is 12. The van der Waals surface area contributed by atoms with E-state index < -0.39 is 0 Å². The largest absolute Gasteiger partial charge is 0.371 e. The van der Waals surface area contributed by atoms with Gasteiger partial charge in [0.25, 0.3) is 0 Å². The molecular weight excluding hydrogens is 224 g/mol. The van der Waals surface area contributed by atoms with E-state index in [0.717, 1.165) is 19.3 Å². The molecule has 0 saturated carbocycles. The average molecular weight is 250 g/mol. The molecule has 2 heteroatoms. The molecule has 0 rings (SSSR count). The molecule has 0 unspecified atom stereocenters. The van der Waals surface area contributed by atoms with Gasteiger partial charge in [0.15, 0.2) is 0 Å². The van der Waals surface area contributed by atoms with Crippen LogP contribution in [0.4, 0.5) is 0 Å². The molecule has 0 radical (unpaired) electrons. The van der Waals surface area contributed by atoms with Gasteiger partial charge in [-0.25, -0.2) is 0 Å². The van der Waals surface area contributed by atoms with Crippen LogP contribution in [0.3, 0.4) is 0 Å². The van der Waals surface area contributed by atoms with Gasteiger partial charge >= 0.3 is 0 Å². The van der Waals surface area contributed by atoms with E-state index in [1.807, 2.05) is 12.2 Å². The van der Waals surface area contributed by atoms with Crippen molar-refractivity contribution < 1.29 is 9.47 Å². The van der Waals surface area contributed by atoms with Crippen molar-refractivity contribution in [3.05, 3.63) is 50.6 Å². The quantitative estimate of drug-likeness (QED) is 0.486. The van der Waals surface area contributed by atoms with Gasteiger partial charge in [-0.15, -0.1) is 26.3 Å². The molecule has 0 N–H and O–H groups in total. The van der Waals surface area contributed by atoms with Crippen LogP contribution in [0.25, 0.3) is 0 Å². The first-order valence-electron chi connectivity index (χ1n) is 6.33. The van der Waals surface area contributed by atoms with Crippen LogP contribution >= 0.6 is 0 Å². The normalized spacial score (nSPS) is 15.4. The van der Waals surface area contributed by atoms with E-state index in [2.05, 4.69) is 33.2 Å². The zero-order chi connectivity index (χ0) is 13.9. The average Bonchev–Trinajstić information content (AvgIpc) is 2.37. The van der Waals surface area contributed by atoms with Crippen LogP contribution in [-0.2, 0) is 9.47 Å². The summed E-state index contributed by atoms with van der Waals surface area (Å²) in [5.74, 6) is 0. The fourth-order valence-corrected chi connectivity index (χ4v) is 1.84. The third-order valence-electron chi connectivity index (χ3n) is 2.81. The van der Waals surface area contributed by atoms with Gasteiger partial charge in [0.2, 0.25) is 0 Å². The zero-order valence-electron chi connectivity index (χ0n) is 11.6. The zero-order valence-corrected chi connectivity index (χ0v) is 11.6. The van der Waals surface area contributed by atoms with Crippen molar-refractivity contribution in [1.29, 1.82) is 0 Å². The van der Waals surface area contributed by atoms with Crippen LogP contribution < -0.4 is 0 Å². The Morgan fingerprint density at radius 3 is 2.17 bits per heavy atom. The van der Waals surface area contributed by atoms with Gasteiger partial charge in [-0.05, 0) is 26.2 Å². The third kappa shape index (κ3) is 5.99. The molecule has 2 atom stereocenters. The standard InChI is InChI=1S/C16H26O2/c1-6-10-11-15(17-13-8-3)16(5,12-7-2)18-14-9-4/h6-9,15H,1-4,10-14H2,5H3/t15-,16+/m1/s1. The van der Waals surface area contributed by atoms with E-state index in [4.69, 9.17) is 9.47 Å². The summed E-state index contributed by atoms with van der Waals surface area (Å²) < 4.78 is 11.7. The van der Waals surface area contributed by atoms with Crippen molar-refractivity contribution in [3.8, 4) is 0 Å². The molecule has 0 aromatic heterocycles. The second-order valence-corrected chi connectivity index (χ2v) is 4.38. The van der Waals surface area contributed by atoms with Gasteiger partial charge in [-0.2, -0.15) is 0 Å². The van der Waals surface area contributed by atoms with Gasteiger partial charge < -0.3 is 9.47 Å². The van der Waals surface area contributed by atoms with Crippen LogP contribution in [0.15, 0.2) is 50.6 Å². The fourth-order valence-electron chi connectivity index (χ4n) is 1.84. The molecule has 0 aliphatic carbocycles. The monoisotopic (exact) mass is 250 g/mol. The SMILES string of the molecule is C=CCC[C@@H](OCC=C)[C@](C)(CC=C)OCC=C. The van der Waals surface area contributed by atoms with Crippen molar-refractivity contribution >= 4 is 0 Å². The predicted octanol–water partition coefficient (Wildman–Crippen LogP) is 4.06. The Labute approximate surface area is 112 Å². The summed E-state index contributed by atoms with van der Waals surface area (Å²) in [6, 6.07) is 0. The highest BCUT2D eigenvalue weighted by Crippen LogP contribution is 2.27. The Balaban J connectivity index is 4.77. The minimum atomic E-state index is -0.387. The molecule has 0 fully saturated rings. The first-order chi connectivity index (χ1) is 8.64. The molecule has 0 heterocycles. The van der Waals surface area contributed by atoms with E-state index >= 15 is 0 Å². The van der Waals surface area contributed by atoms with Crippen molar-refractivity contribution in [2.24, 2.45) is 0 Å². The second-order valence-electron chi connectivity index (χ2n) is 4.38. The predicted molar refractivity (Wildman–Crippen MR) is 78.7 cm³/mol. The van der Waals surface area contributed by atoms with Crippen LogP contribution in [-0.4, -0.2) is 24.9 Å². The van der Waals surface area contributed by atoms with Crippen LogP contribution in [0.2, 0.25) is 0 Å². The lowest BCUT2D eigenvalue weighted by Gasteiger charge is -2.36. The highest BCUT2D eigenvalue weighted by atomic mass is 16.5. The van der Waals surface area contributed by atoms with Gasteiger partial charge in [0.05, 0.1) is 24.9 Å². The van der Waals surface area contributed by atoms with Gasteiger partial charge in [0, 0.05) is 0 Å². The van der Waals surface area contributed by atoms with E-state index in [0.29, 0.717) is 13.2 Å². The minimum absolute atomic E-state index is 0.00792. The molecule has 18 heavy (non-hydrogen) atoms. The maximum Gasteiger partial charge on any atom is 0.0953 e. The van der Waals surface area contributed by atoms with Gasteiger partial charge in [-0.1, -0.05) is 24.3 Å². The molecule has 0 amide bonds. The molecule has 2 nitrogen and oxygen atoms in total. The summed E-state index contributed by atoms with van der Waals surface area (Å²) in [6.07, 6.45) is 9.76. The summed E-state index contributed by atoms with van der Waals surface area (Å²) in [4.78, 5) is 0. The molecule has 0 aliphatic rings. The van der Waals surface area contributed by atoms with Crippen LogP contribution in [0.5, 0.6) is 0 Å². The molecule has 102 valence electrons. The fraction of sp³-hybridized carbons (Fsp3) is 0.500. The van der Waals surface area contributed by atoms with Gasteiger partial charge in [0.1, 0.15) is 0 Å². The summed E-state index contributed by atoms with van der Waals surface area (Å²) >= 11 is 0. The van der Waals surface area contributed by atoms with Crippen molar-refractivity contribution in [2.45, 2.75) is 37.9 Å². The van der Waals surface area contributed by atoms with E-state index in [1.54, 1.807) is 12.2 Å². The molecule has 0 aromatic carbocycles. The lowest BCUT2D eigenvalue weighted by Crippen LogP contribution is -2.43. The van der Waals surface area contributed by atoms with Crippen molar-refractivity contribution in [1.82, 2.24) is 0 Å². The van der Waals surface area contributed by atoms with E-state index in [9.17, 15) is 0 Å². The summed E-state index contributed by atoms with van der Waals surface area (Å²) in [6.45, 7) is 18.0. The van der Waals surface area contributed by atoms with Crippen molar-refractivity contribution in [2.75, 3.05) is 13.2 Å². The molecule has 0 aliphatic heterocycles. The molecular formula is C16H26O2.